The van der Waals surface area contributed by atoms with Gasteiger partial charge in [-0.15, -0.1) is 0 Å². The number of hydrogen-bond acceptors (Lipinski definition) is 3. The van der Waals surface area contributed by atoms with Crippen molar-refractivity contribution >= 4 is 10.9 Å². The Hall–Kier alpha value is -1.84. The molecule has 4 nitrogen and oxygen atoms in total. The minimum absolute atomic E-state index is 0.175. The number of fused-ring (bicyclic) bond motifs is 1. The van der Waals surface area contributed by atoms with E-state index in [2.05, 4.69) is 9.99 Å². The summed E-state index contributed by atoms with van der Waals surface area (Å²) in [4.78, 5) is 15.9. The summed E-state index contributed by atoms with van der Waals surface area (Å²) in [7, 11) is 0. The SMILES string of the molecule is O=c1ncc2ccccc2n1N1CCCCC1. The molecular weight excluding hydrogens is 214 g/mol. The zero-order valence-corrected chi connectivity index (χ0v) is 9.67. The van der Waals surface area contributed by atoms with Crippen LogP contribution < -0.4 is 10.7 Å². The Morgan fingerprint density at radius 1 is 1.06 bits per heavy atom. The maximum Gasteiger partial charge on any atom is 0.366 e. The zero-order valence-electron chi connectivity index (χ0n) is 9.67. The number of piperidine rings is 1. The lowest BCUT2D eigenvalue weighted by Gasteiger charge is -2.30. The van der Waals surface area contributed by atoms with Gasteiger partial charge in [0.2, 0.25) is 0 Å². The fourth-order valence-corrected chi connectivity index (χ4v) is 2.42. The minimum atomic E-state index is -0.175. The van der Waals surface area contributed by atoms with Gasteiger partial charge in [0, 0.05) is 24.7 Å². The van der Waals surface area contributed by atoms with Crippen molar-refractivity contribution in [2.24, 2.45) is 0 Å². The second kappa shape index (κ2) is 4.20. The number of benzene rings is 1. The Bertz CT molecular complexity index is 584. The van der Waals surface area contributed by atoms with E-state index in [1.807, 2.05) is 24.3 Å². The topological polar surface area (TPSA) is 38.1 Å². The summed E-state index contributed by atoms with van der Waals surface area (Å²) in [5, 5.41) is 3.12. The van der Waals surface area contributed by atoms with E-state index in [9.17, 15) is 4.79 Å². The van der Waals surface area contributed by atoms with Gasteiger partial charge in [-0.3, -0.25) is 0 Å². The first kappa shape index (κ1) is 10.3. The lowest BCUT2D eigenvalue weighted by Crippen LogP contribution is -2.46. The number of rotatable bonds is 1. The Labute approximate surface area is 99.5 Å². The highest BCUT2D eigenvalue weighted by atomic mass is 16.2. The van der Waals surface area contributed by atoms with Gasteiger partial charge in [-0.25, -0.2) is 9.47 Å². The number of nitrogens with zero attached hydrogens (tertiary/aromatic N) is 3. The van der Waals surface area contributed by atoms with Crippen LogP contribution in [0.25, 0.3) is 10.9 Å². The highest BCUT2D eigenvalue weighted by molar-refractivity contribution is 5.78. The van der Waals surface area contributed by atoms with Gasteiger partial charge in [0.1, 0.15) is 0 Å². The molecule has 0 unspecified atom stereocenters. The molecule has 1 aromatic carbocycles. The van der Waals surface area contributed by atoms with Gasteiger partial charge in [-0.2, -0.15) is 4.98 Å². The van der Waals surface area contributed by atoms with Crippen molar-refractivity contribution in [3.05, 3.63) is 40.9 Å². The van der Waals surface area contributed by atoms with Crippen molar-refractivity contribution in [1.82, 2.24) is 9.66 Å². The van der Waals surface area contributed by atoms with Crippen molar-refractivity contribution in [1.29, 1.82) is 0 Å². The maximum absolute atomic E-state index is 11.9. The standard InChI is InChI=1S/C13H15N3O/c17-13-14-10-11-6-2-3-7-12(11)16(13)15-8-4-1-5-9-15/h2-3,6-7,10H,1,4-5,8-9H2. The molecule has 0 N–H and O–H groups in total. The molecule has 0 bridgehead atoms. The summed E-state index contributed by atoms with van der Waals surface area (Å²) in [6, 6.07) is 7.90. The van der Waals surface area contributed by atoms with Gasteiger partial charge >= 0.3 is 5.69 Å². The van der Waals surface area contributed by atoms with Crippen LogP contribution in [0.3, 0.4) is 0 Å². The molecule has 0 aliphatic carbocycles. The summed E-state index contributed by atoms with van der Waals surface area (Å²) in [6.07, 6.45) is 5.20. The first-order valence-corrected chi connectivity index (χ1v) is 6.08. The highest BCUT2D eigenvalue weighted by Crippen LogP contribution is 2.13. The summed E-state index contributed by atoms with van der Waals surface area (Å²) in [5.74, 6) is 0. The molecule has 3 rings (SSSR count). The predicted molar refractivity (Wildman–Crippen MR) is 67.8 cm³/mol. The van der Waals surface area contributed by atoms with Gasteiger partial charge in [0.25, 0.3) is 0 Å². The van der Waals surface area contributed by atoms with Crippen molar-refractivity contribution in [3.63, 3.8) is 0 Å². The monoisotopic (exact) mass is 229 g/mol. The molecule has 0 atom stereocenters. The molecule has 2 heterocycles. The van der Waals surface area contributed by atoms with Crippen molar-refractivity contribution in [2.45, 2.75) is 19.3 Å². The van der Waals surface area contributed by atoms with Crippen LogP contribution in [0.5, 0.6) is 0 Å². The van der Waals surface area contributed by atoms with Crippen LogP contribution in [0, 0.1) is 0 Å². The molecule has 1 fully saturated rings. The van der Waals surface area contributed by atoms with Crippen molar-refractivity contribution in [2.75, 3.05) is 18.1 Å². The van der Waals surface area contributed by atoms with Crippen LogP contribution >= 0.6 is 0 Å². The third-order valence-electron chi connectivity index (χ3n) is 3.28. The molecule has 1 aliphatic rings. The highest BCUT2D eigenvalue weighted by Gasteiger charge is 2.14. The van der Waals surface area contributed by atoms with E-state index in [0.717, 1.165) is 36.8 Å². The van der Waals surface area contributed by atoms with E-state index in [4.69, 9.17) is 0 Å². The minimum Gasteiger partial charge on any atom is -0.308 e. The molecule has 4 heteroatoms. The summed E-state index contributed by atoms with van der Waals surface area (Å²) in [5.41, 5.74) is 0.778. The molecule has 17 heavy (non-hydrogen) atoms. The molecule has 1 aromatic heterocycles. The second-order valence-electron chi connectivity index (χ2n) is 4.43. The number of para-hydroxylation sites is 1. The quantitative estimate of drug-likeness (QED) is 0.744. The molecule has 2 aromatic rings. The fraction of sp³-hybridized carbons (Fsp3) is 0.385. The Balaban J connectivity index is 2.19. The Morgan fingerprint density at radius 2 is 1.82 bits per heavy atom. The van der Waals surface area contributed by atoms with E-state index in [1.165, 1.54) is 6.42 Å². The summed E-state index contributed by atoms with van der Waals surface area (Å²) in [6.45, 7) is 1.88. The fourth-order valence-electron chi connectivity index (χ4n) is 2.42. The summed E-state index contributed by atoms with van der Waals surface area (Å²) < 4.78 is 1.73. The normalized spacial score (nSPS) is 16.4. The van der Waals surface area contributed by atoms with E-state index in [-0.39, 0.29) is 5.69 Å². The third kappa shape index (κ3) is 1.79. The second-order valence-corrected chi connectivity index (χ2v) is 4.43. The predicted octanol–water partition coefficient (Wildman–Crippen LogP) is 1.52. The van der Waals surface area contributed by atoms with Crippen LogP contribution in [0.4, 0.5) is 0 Å². The summed E-state index contributed by atoms with van der Waals surface area (Å²) >= 11 is 0. The number of aromatic nitrogens is 2. The van der Waals surface area contributed by atoms with Gasteiger partial charge < -0.3 is 5.01 Å². The molecule has 0 saturated carbocycles. The molecule has 0 amide bonds. The van der Waals surface area contributed by atoms with E-state index >= 15 is 0 Å². The van der Waals surface area contributed by atoms with Crippen molar-refractivity contribution < 1.29 is 0 Å². The first-order valence-electron chi connectivity index (χ1n) is 6.08. The van der Waals surface area contributed by atoms with Crippen LogP contribution in [0.2, 0.25) is 0 Å². The lowest BCUT2D eigenvalue weighted by atomic mass is 10.2. The van der Waals surface area contributed by atoms with Crippen molar-refractivity contribution in [3.8, 4) is 0 Å². The average Bonchev–Trinajstić information content (AvgIpc) is 2.39. The largest absolute Gasteiger partial charge is 0.366 e. The van der Waals surface area contributed by atoms with E-state index in [0.29, 0.717) is 0 Å². The van der Waals surface area contributed by atoms with Crippen LogP contribution in [0.15, 0.2) is 35.3 Å². The van der Waals surface area contributed by atoms with E-state index in [1.54, 1.807) is 10.9 Å². The maximum atomic E-state index is 11.9. The molecule has 0 spiro atoms. The van der Waals surface area contributed by atoms with Gasteiger partial charge in [0.05, 0.1) is 5.52 Å². The molecular formula is C13H15N3O. The van der Waals surface area contributed by atoms with Crippen LogP contribution in [0.1, 0.15) is 19.3 Å². The molecule has 1 aliphatic heterocycles. The Morgan fingerprint density at radius 3 is 2.65 bits per heavy atom. The Kier molecular flexibility index (Phi) is 2.55. The lowest BCUT2D eigenvalue weighted by molar-refractivity contribution is 0.474. The number of hydrogen-bond donors (Lipinski definition) is 0. The smallest absolute Gasteiger partial charge is 0.308 e. The first-order chi connectivity index (χ1) is 8.36. The molecule has 88 valence electrons. The average molecular weight is 229 g/mol. The van der Waals surface area contributed by atoms with Gasteiger partial charge in [-0.1, -0.05) is 18.2 Å². The van der Waals surface area contributed by atoms with Gasteiger partial charge in [-0.05, 0) is 25.3 Å². The van der Waals surface area contributed by atoms with E-state index < -0.39 is 0 Å². The molecule has 1 saturated heterocycles. The zero-order chi connectivity index (χ0) is 11.7. The third-order valence-corrected chi connectivity index (χ3v) is 3.28. The molecule has 0 radical (unpaired) electrons. The van der Waals surface area contributed by atoms with Crippen LogP contribution in [-0.4, -0.2) is 22.7 Å². The van der Waals surface area contributed by atoms with Crippen LogP contribution in [-0.2, 0) is 0 Å². The van der Waals surface area contributed by atoms with Gasteiger partial charge in [0.15, 0.2) is 0 Å².